The van der Waals surface area contributed by atoms with Crippen LogP contribution in [0.15, 0.2) is 212 Å². The van der Waals surface area contributed by atoms with Gasteiger partial charge in [0.1, 0.15) is 0 Å². The molecule has 284 valence electrons. The highest BCUT2D eigenvalue weighted by Crippen LogP contribution is 2.51. The molecule has 0 saturated heterocycles. The molecule has 1 aromatic heterocycles. The fourth-order valence-electron chi connectivity index (χ4n) is 10.6. The second kappa shape index (κ2) is 13.4. The quantitative estimate of drug-likeness (QED) is 0.151. The molecule has 60 heavy (non-hydrogen) atoms. The van der Waals surface area contributed by atoms with Gasteiger partial charge >= 0.3 is 0 Å². The molecule has 0 amide bonds. The minimum atomic E-state index is -2.84. The highest BCUT2D eigenvalue weighted by Gasteiger charge is 2.49. The number of nitrogens with zero attached hydrogens (tertiary/aromatic N) is 1. The maximum atomic E-state index is 2.55. The average Bonchev–Trinajstić information content (AvgIpc) is 3.90. The lowest BCUT2D eigenvalue weighted by Gasteiger charge is -2.34. The molecular weight excluding hydrogens is 759 g/mol. The maximum absolute atomic E-state index is 2.84. The fraction of sp³-hybridized carbons (Fsp3) is 0.0526. The minimum Gasteiger partial charge on any atom is -0.310 e. The van der Waals surface area contributed by atoms with Crippen LogP contribution >= 0.6 is 11.3 Å². The molecule has 0 radical (unpaired) electrons. The summed E-state index contributed by atoms with van der Waals surface area (Å²) in [6.07, 6.45) is 0. The van der Waals surface area contributed by atoms with E-state index < -0.39 is 8.07 Å². The topological polar surface area (TPSA) is 3.24 Å². The Balaban J connectivity index is 1.17. The van der Waals surface area contributed by atoms with Gasteiger partial charge in [-0.15, -0.1) is 11.3 Å². The van der Waals surface area contributed by atoms with Crippen LogP contribution in [0.3, 0.4) is 0 Å². The minimum absolute atomic E-state index is 0.137. The largest absolute Gasteiger partial charge is 0.310 e. The van der Waals surface area contributed by atoms with Crippen LogP contribution in [0.5, 0.6) is 0 Å². The third-order valence-corrected chi connectivity index (χ3v) is 19.3. The summed E-state index contributed by atoms with van der Waals surface area (Å²) >= 11 is 1.88. The molecule has 1 nitrogen and oxygen atoms in total. The molecule has 10 aromatic rings. The van der Waals surface area contributed by atoms with Crippen molar-refractivity contribution in [3.8, 4) is 33.4 Å². The molecule has 0 bridgehead atoms. The molecular formula is C57H41NSSi. The Kier molecular flexibility index (Phi) is 7.84. The predicted molar refractivity (Wildman–Crippen MR) is 260 cm³/mol. The van der Waals surface area contributed by atoms with Crippen LogP contribution in [0.25, 0.3) is 53.6 Å². The molecule has 2 heterocycles. The van der Waals surface area contributed by atoms with E-state index in [-0.39, 0.29) is 5.41 Å². The van der Waals surface area contributed by atoms with Gasteiger partial charge in [-0.25, -0.2) is 0 Å². The second-order valence-electron chi connectivity index (χ2n) is 16.9. The average molecular weight is 800 g/mol. The van der Waals surface area contributed by atoms with Crippen LogP contribution in [-0.4, -0.2) is 8.07 Å². The molecule has 2 aliphatic rings. The van der Waals surface area contributed by atoms with E-state index in [2.05, 4.69) is 231 Å². The summed E-state index contributed by atoms with van der Waals surface area (Å²) < 4.78 is 2.61. The van der Waals surface area contributed by atoms with Gasteiger partial charge < -0.3 is 4.90 Å². The number of rotatable bonds is 6. The Morgan fingerprint density at radius 2 is 0.967 bits per heavy atom. The van der Waals surface area contributed by atoms with E-state index in [0.29, 0.717) is 0 Å². The highest BCUT2D eigenvalue weighted by molar-refractivity contribution is 7.26. The first kappa shape index (κ1) is 35.2. The van der Waals surface area contributed by atoms with E-state index >= 15 is 0 Å². The van der Waals surface area contributed by atoms with Crippen molar-refractivity contribution >= 4 is 77.4 Å². The number of benzene rings is 9. The predicted octanol–water partition coefficient (Wildman–Crippen LogP) is 12.9. The van der Waals surface area contributed by atoms with Gasteiger partial charge in [0.05, 0.1) is 0 Å². The van der Waals surface area contributed by atoms with Crippen LogP contribution in [0.2, 0.25) is 0 Å². The lowest BCUT2D eigenvalue weighted by atomic mass is 9.82. The number of thiophene rings is 1. The fourth-order valence-corrected chi connectivity index (χ4v) is 17.0. The molecule has 9 aromatic carbocycles. The lowest BCUT2D eigenvalue weighted by Crippen LogP contribution is -2.72. The molecule has 0 saturated carbocycles. The maximum Gasteiger partial charge on any atom is 0.180 e. The van der Waals surface area contributed by atoms with Gasteiger partial charge in [-0.2, -0.15) is 0 Å². The zero-order chi connectivity index (χ0) is 40.0. The van der Waals surface area contributed by atoms with E-state index in [0.717, 1.165) is 17.1 Å². The van der Waals surface area contributed by atoms with Gasteiger partial charge in [0.2, 0.25) is 0 Å². The third-order valence-electron chi connectivity index (χ3n) is 13.3. The standard InChI is InChI=1S/C57H41NSSi/c1-57(2)51-25-13-9-21-45(51)46-31-29-40(36-52(46)57)58(41-30-32-48-47-22-10-14-26-53(47)59-54(48)37-41)42-33-39(38-17-5-3-6-18-38)34-44(35-42)60(43-19-7-4-8-20-43)55-27-15-11-23-49(55)50-24-12-16-28-56(50)60/h3-37H,1-2H3. The van der Waals surface area contributed by atoms with Gasteiger partial charge in [-0.1, -0.05) is 184 Å². The number of anilines is 3. The van der Waals surface area contributed by atoms with E-state index in [1.54, 1.807) is 0 Å². The highest BCUT2D eigenvalue weighted by atomic mass is 32.1. The third kappa shape index (κ3) is 5.09. The Morgan fingerprint density at radius 1 is 0.383 bits per heavy atom. The number of hydrogen-bond acceptors (Lipinski definition) is 2. The van der Waals surface area contributed by atoms with Crippen molar-refractivity contribution in [1.82, 2.24) is 0 Å². The van der Waals surface area contributed by atoms with Crippen molar-refractivity contribution in [2.75, 3.05) is 4.90 Å². The van der Waals surface area contributed by atoms with Gasteiger partial charge in [-0.05, 0) is 108 Å². The number of fused-ring (bicyclic) bond motifs is 9. The van der Waals surface area contributed by atoms with Gasteiger partial charge in [0.25, 0.3) is 0 Å². The Hall–Kier alpha value is -6.78. The summed E-state index contributed by atoms with van der Waals surface area (Å²) in [6.45, 7) is 4.76. The summed E-state index contributed by atoms with van der Waals surface area (Å²) in [4.78, 5) is 2.54. The molecule has 0 N–H and O–H groups in total. The van der Waals surface area contributed by atoms with Gasteiger partial charge in [0.15, 0.2) is 8.07 Å². The summed E-state index contributed by atoms with van der Waals surface area (Å²) in [5, 5.41) is 8.29. The van der Waals surface area contributed by atoms with Gasteiger partial charge in [0, 0.05) is 42.6 Å². The second-order valence-corrected chi connectivity index (χ2v) is 21.7. The van der Waals surface area contributed by atoms with Crippen LogP contribution in [0, 0.1) is 0 Å². The van der Waals surface area contributed by atoms with Crippen molar-refractivity contribution in [2.45, 2.75) is 19.3 Å². The molecule has 0 unspecified atom stereocenters. The van der Waals surface area contributed by atoms with Crippen molar-refractivity contribution in [2.24, 2.45) is 0 Å². The Morgan fingerprint density at radius 3 is 1.73 bits per heavy atom. The van der Waals surface area contributed by atoms with E-state index in [1.165, 1.54) is 85.4 Å². The van der Waals surface area contributed by atoms with E-state index in [9.17, 15) is 0 Å². The first-order chi connectivity index (χ1) is 29.5. The summed E-state index contributed by atoms with van der Waals surface area (Å²) in [6, 6.07) is 80.3. The zero-order valence-electron chi connectivity index (χ0n) is 33.6. The van der Waals surface area contributed by atoms with E-state index in [4.69, 9.17) is 0 Å². The molecule has 12 rings (SSSR count). The SMILES string of the molecule is CC1(C)c2ccccc2-c2ccc(N(c3cc(-c4ccccc4)cc([Si]4(c5ccccc5)c5ccccc5-c5ccccc54)c3)c3ccc4c(c3)sc3ccccc34)cc21. The molecule has 1 aliphatic heterocycles. The van der Waals surface area contributed by atoms with Crippen molar-refractivity contribution < 1.29 is 0 Å². The Bertz CT molecular complexity index is 3260. The summed E-state index contributed by atoms with van der Waals surface area (Å²) in [5.74, 6) is 0. The molecule has 0 spiro atoms. The van der Waals surface area contributed by atoms with E-state index in [1.807, 2.05) is 11.3 Å². The molecule has 3 heteroatoms. The smallest absolute Gasteiger partial charge is 0.180 e. The van der Waals surface area contributed by atoms with Crippen LogP contribution in [-0.2, 0) is 5.41 Å². The van der Waals surface area contributed by atoms with Crippen molar-refractivity contribution in [3.05, 3.63) is 223 Å². The van der Waals surface area contributed by atoms with Crippen LogP contribution in [0.4, 0.5) is 17.1 Å². The Labute approximate surface area is 356 Å². The first-order valence-electron chi connectivity index (χ1n) is 20.9. The lowest BCUT2D eigenvalue weighted by molar-refractivity contribution is 0.660. The zero-order valence-corrected chi connectivity index (χ0v) is 35.4. The van der Waals surface area contributed by atoms with Crippen molar-refractivity contribution in [3.63, 3.8) is 0 Å². The monoisotopic (exact) mass is 799 g/mol. The van der Waals surface area contributed by atoms with Gasteiger partial charge in [-0.3, -0.25) is 0 Å². The van der Waals surface area contributed by atoms with Crippen LogP contribution in [0.1, 0.15) is 25.0 Å². The van der Waals surface area contributed by atoms with Crippen molar-refractivity contribution in [1.29, 1.82) is 0 Å². The first-order valence-corrected chi connectivity index (χ1v) is 23.7. The number of hydrogen-bond donors (Lipinski definition) is 0. The normalized spacial score (nSPS) is 14.1. The summed E-state index contributed by atoms with van der Waals surface area (Å²) in [5.41, 5.74) is 13.9. The molecule has 0 fully saturated rings. The molecule has 1 aliphatic carbocycles. The summed E-state index contributed by atoms with van der Waals surface area (Å²) in [7, 11) is -2.84. The van der Waals surface area contributed by atoms with Crippen LogP contribution < -0.4 is 25.6 Å². The molecule has 0 atom stereocenters.